The second-order valence-corrected chi connectivity index (χ2v) is 5.93. The van der Waals surface area contributed by atoms with Crippen LogP contribution in [-0.4, -0.2) is 38.0 Å². The summed E-state index contributed by atoms with van der Waals surface area (Å²) in [5.41, 5.74) is 0.777. The van der Waals surface area contributed by atoms with Crippen LogP contribution in [0.2, 0.25) is 0 Å². The van der Waals surface area contributed by atoms with Crippen LogP contribution in [0.4, 0.5) is 0 Å². The van der Waals surface area contributed by atoms with Gasteiger partial charge in [-0.05, 0) is 25.9 Å². The highest BCUT2D eigenvalue weighted by Crippen LogP contribution is 2.28. The maximum Gasteiger partial charge on any atom is 0.178 e. The van der Waals surface area contributed by atoms with Gasteiger partial charge in [0.15, 0.2) is 9.84 Å². The lowest BCUT2D eigenvalue weighted by molar-refractivity contribution is 0.448. The van der Waals surface area contributed by atoms with E-state index in [1.54, 1.807) is 0 Å². The van der Waals surface area contributed by atoms with Gasteiger partial charge < -0.3 is 5.32 Å². The van der Waals surface area contributed by atoms with Crippen molar-refractivity contribution >= 4 is 9.84 Å². The summed E-state index contributed by atoms with van der Waals surface area (Å²) < 4.78 is 23.0. The third kappa shape index (κ3) is 2.21. The first-order chi connectivity index (χ1) is 7.09. The molecule has 2 heterocycles. The largest absolute Gasteiger partial charge is 0.317 e. The molecule has 0 saturated carbocycles. The van der Waals surface area contributed by atoms with E-state index in [1.807, 2.05) is 0 Å². The second kappa shape index (κ2) is 3.94. The number of rotatable bonds is 2. The van der Waals surface area contributed by atoms with Gasteiger partial charge in [-0.2, -0.15) is 5.10 Å². The van der Waals surface area contributed by atoms with Gasteiger partial charge in [-0.3, -0.25) is 5.10 Å². The van der Waals surface area contributed by atoms with Gasteiger partial charge in [0.05, 0.1) is 11.9 Å². The van der Waals surface area contributed by atoms with Crippen molar-refractivity contribution in [1.82, 2.24) is 15.5 Å². The molecule has 1 saturated heterocycles. The van der Waals surface area contributed by atoms with Gasteiger partial charge in [-0.25, -0.2) is 8.42 Å². The van der Waals surface area contributed by atoms with Gasteiger partial charge in [0.25, 0.3) is 0 Å². The molecule has 84 valence electrons. The molecule has 0 unspecified atom stereocenters. The topological polar surface area (TPSA) is 74.8 Å². The highest BCUT2D eigenvalue weighted by atomic mass is 32.2. The van der Waals surface area contributed by atoms with E-state index in [0.717, 1.165) is 31.6 Å². The third-order valence-electron chi connectivity index (χ3n) is 2.78. The number of hydrogen-bond acceptors (Lipinski definition) is 4. The smallest absolute Gasteiger partial charge is 0.178 e. The third-order valence-corrected chi connectivity index (χ3v) is 3.90. The van der Waals surface area contributed by atoms with Crippen LogP contribution >= 0.6 is 0 Å². The number of piperidine rings is 1. The summed E-state index contributed by atoms with van der Waals surface area (Å²) in [6.07, 6.45) is 4.56. The van der Waals surface area contributed by atoms with Crippen LogP contribution in [0.3, 0.4) is 0 Å². The van der Waals surface area contributed by atoms with Crippen molar-refractivity contribution < 1.29 is 8.42 Å². The summed E-state index contributed by atoms with van der Waals surface area (Å²) in [7, 11) is -3.15. The van der Waals surface area contributed by atoms with E-state index >= 15 is 0 Å². The average Bonchev–Trinajstić information content (AvgIpc) is 2.67. The first-order valence-corrected chi connectivity index (χ1v) is 6.92. The summed E-state index contributed by atoms with van der Waals surface area (Å²) in [5.74, 6) is 0.290. The van der Waals surface area contributed by atoms with E-state index in [0.29, 0.717) is 10.8 Å². The van der Waals surface area contributed by atoms with Crippen LogP contribution < -0.4 is 5.32 Å². The minimum atomic E-state index is -3.15. The molecule has 2 rings (SSSR count). The Labute approximate surface area is 89.2 Å². The predicted molar refractivity (Wildman–Crippen MR) is 56.5 cm³/mol. The van der Waals surface area contributed by atoms with Crippen LogP contribution in [0.15, 0.2) is 11.1 Å². The molecule has 0 radical (unpaired) electrons. The summed E-state index contributed by atoms with van der Waals surface area (Å²) in [5, 5.41) is 9.92. The average molecular weight is 229 g/mol. The molecule has 1 fully saturated rings. The van der Waals surface area contributed by atoms with Crippen molar-refractivity contribution in [2.45, 2.75) is 23.7 Å². The lowest BCUT2D eigenvalue weighted by Gasteiger charge is -2.22. The first-order valence-electron chi connectivity index (χ1n) is 5.03. The van der Waals surface area contributed by atoms with Crippen molar-refractivity contribution in [1.29, 1.82) is 0 Å². The highest BCUT2D eigenvalue weighted by molar-refractivity contribution is 7.90. The molecule has 0 amide bonds. The minimum absolute atomic E-state index is 0.290. The van der Waals surface area contributed by atoms with Crippen LogP contribution in [0.1, 0.15) is 24.5 Å². The van der Waals surface area contributed by atoms with E-state index in [2.05, 4.69) is 15.5 Å². The monoisotopic (exact) mass is 229 g/mol. The molecule has 1 aliphatic heterocycles. The lowest BCUT2D eigenvalue weighted by atomic mass is 9.95. The summed E-state index contributed by atoms with van der Waals surface area (Å²) in [4.78, 5) is 0.356. The molecular weight excluding hydrogens is 214 g/mol. The Hall–Kier alpha value is -0.880. The predicted octanol–water partition coefficient (Wildman–Crippen LogP) is 0.280. The number of nitrogens with one attached hydrogen (secondary N) is 2. The normalized spacial score (nSPS) is 19.3. The van der Waals surface area contributed by atoms with Crippen LogP contribution in [-0.2, 0) is 9.84 Å². The molecule has 0 spiro atoms. The fourth-order valence-electron chi connectivity index (χ4n) is 1.98. The van der Waals surface area contributed by atoms with E-state index in [4.69, 9.17) is 0 Å². The number of aromatic nitrogens is 2. The molecule has 5 nitrogen and oxygen atoms in total. The SMILES string of the molecule is CS(=O)(=O)c1cn[nH]c1C1CCNCC1. The molecule has 0 aliphatic carbocycles. The summed E-state index contributed by atoms with van der Waals surface area (Å²) >= 11 is 0. The Kier molecular flexibility index (Phi) is 2.79. The molecular formula is C9H15N3O2S. The van der Waals surface area contributed by atoms with Crippen molar-refractivity contribution in [3.8, 4) is 0 Å². The molecule has 0 atom stereocenters. The quantitative estimate of drug-likeness (QED) is 0.764. The number of nitrogens with zero attached hydrogens (tertiary/aromatic N) is 1. The zero-order chi connectivity index (χ0) is 10.9. The first kappa shape index (κ1) is 10.6. The Morgan fingerprint density at radius 3 is 2.67 bits per heavy atom. The Bertz CT molecular complexity index is 432. The van der Waals surface area contributed by atoms with E-state index < -0.39 is 9.84 Å². The second-order valence-electron chi connectivity index (χ2n) is 3.94. The number of H-pyrrole nitrogens is 1. The van der Waals surface area contributed by atoms with Crippen molar-refractivity contribution in [2.75, 3.05) is 19.3 Å². The van der Waals surface area contributed by atoms with Gasteiger partial charge in [0.1, 0.15) is 4.90 Å². The van der Waals surface area contributed by atoms with E-state index in [9.17, 15) is 8.42 Å². The molecule has 15 heavy (non-hydrogen) atoms. The van der Waals surface area contributed by atoms with Gasteiger partial charge in [-0.1, -0.05) is 0 Å². The number of hydrogen-bond donors (Lipinski definition) is 2. The molecule has 1 aliphatic rings. The fraction of sp³-hybridized carbons (Fsp3) is 0.667. The Morgan fingerprint density at radius 2 is 2.07 bits per heavy atom. The Balaban J connectivity index is 2.32. The van der Waals surface area contributed by atoms with Crippen molar-refractivity contribution in [2.24, 2.45) is 0 Å². The molecule has 1 aromatic heterocycles. The van der Waals surface area contributed by atoms with Crippen LogP contribution in [0, 0.1) is 0 Å². The van der Waals surface area contributed by atoms with Crippen LogP contribution in [0.25, 0.3) is 0 Å². The zero-order valence-electron chi connectivity index (χ0n) is 8.66. The van der Waals surface area contributed by atoms with Crippen molar-refractivity contribution in [3.05, 3.63) is 11.9 Å². The lowest BCUT2D eigenvalue weighted by Crippen LogP contribution is -2.27. The molecule has 6 heteroatoms. The van der Waals surface area contributed by atoms with Crippen LogP contribution in [0.5, 0.6) is 0 Å². The summed E-state index contributed by atoms with van der Waals surface area (Å²) in [6.45, 7) is 1.87. The molecule has 0 aromatic carbocycles. The van der Waals surface area contributed by atoms with E-state index in [1.165, 1.54) is 12.5 Å². The highest BCUT2D eigenvalue weighted by Gasteiger charge is 2.24. The molecule has 2 N–H and O–H groups in total. The number of sulfone groups is 1. The molecule has 1 aromatic rings. The van der Waals surface area contributed by atoms with Gasteiger partial charge in [0.2, 0.25) is 0 Å². The number of aromatic amines is 1. The van der Waals surface area contributed by atoms with Gasteiger partial charge in [0, 0.05) is 12.2 Å². The zero-order valence-corrected chi connectivity index (χ0v) is 9.47. The molecule has 0 bridgehead atoms. The maximum absolute atomic E-state index is 11.5. The van der Waals surface area contributed by atoms with Gasteiger partial charge in [-0.15, -0.1) is 0 Å². The maximum atomic E-state index is 11.5. The fourth-order valence-corrected chi connectivity index (χ4v) is 2.84. The summed E-state index contributed by atoms with van der Waals surface area (Å²) in [6, 6.07) is 0. The standard InChI is InChI=1S/C9H15N3O2S/c1-15(13,14)8-6-11-12-9(8)7-2-4-10-5-3-7/h6-7,10H,2-5H2,1H3,(H,11,12). The minimum Gasteiger partial charge on any atom is -0.317 e. The van der Waals surface area contributed by atoms with Gasteiger partial charge >= 0.3 is 0 Å². The van der Waals surface area contributed by atoms with Crippen molar-refractivity contribution in [3.63, 3.8) is 0 Å². The Morgan fingerprint density at radius 1 is 1.40 bits per heavy atom. The van der Waals surface area contributed by atoms with E-state index in [-0.39, 0.29) is 0 Å².